The first-order valence-corrected chi connectivity index (χ1v) is 7.42. The van der Waals surface area contributed by atoms with Crippen molar-refractivity contribution in [1.29, 1.82) is 0 Å². The van der Waals surface area contributed by atoms with Gasteiger partial charge < -0.3 is 10.6 Å². The van der Waals surface area contributed by atoms with Crippen molar-refractivity contribution in [2.75, 3.05) is 6.54 Å². The Hall–Kier alpha value is -2.77. The zero-order valence-electron chi connectivity index (χ0n) is 13.4. The predicted octanol–water partition coefficient (Wildman–Crippen LogP) is 0.289. The first kappa shape index (κ1) is 16.6. The summed E-state index contributed by atoms with van der Waals surface area (Å²) in [7, 11) is 0. The third-order valence-electron chi connectivity index (χ3n) is 3.25. The molecular weight excluding hydrogens is 296 g/mol. The van der Waals surface area contributed by atoms with Gasteiger partial charge in [0.25, 0.3) is 0 Å². The van der Waals surface area contributed by atoms with Crippen LogP contribution in [0.25, 0.3) is 11.4 Å². The molecule has 0 radical (unpaired) electrons. The van der Waals surface area contributed by atoms with Crippen molar-refractivity contribution in [3.63, 3.8) is 0 Å². The normalized spacial score (nSPS) is 11.8. The monoisotopic (exact) mass is 316 g/mol. The molecule has 23 heavy (non-hydrogen) atoms. The van der Waals surface area contributed by atoms with Gasteiger partial charge in [0.1, 0.15) is 12.6 Å². The van der Waals surface area contributed by atoms with Gasteiger partial charge in [0.05, 0.1) is 0 Å². The number of tetrazole rings is 1. The number of rotatable bonds is 6. The van der Waals surface area contributed by atoms with Crippen LogP contribution in [0.15, 0.2) is 24.3 Å². The number of nitrogens with one attached hydrogen (secondary N) is 2. The summed E-state index contributed by atoms with van der Waals surface area (Å²) in [4.78, 5) is 24.7. The molecule has 0 spiro atoms. The summed E-state index contributed by atoms with van der Waals surface area (Å²) in [5, 5.41) is 17.3. The Bertz CT molecular complexity index is 697. The van der Waals surface area contributed by atoms with Crippen LogP contribution in [0.3, 0.4) is 0 Å². The van der Waals surface area contributed by atoms with E-state index in [9.17, 15) is 9.59 Å². The molecule has 2 amide bonds. The molecule has 122 valence electrons. The van der Waals surface area contributed by atoms with Crippen molar-refractivity contribution < 1.29 is 9.59 Å². The van der Waals surface area contributed by atoms with Crippen LogP contribution in [0.5, 0.6) is 0 Å². The summed E-state index contributed by atoms with van der Waals surface area (Å²) >= 11 is 0. The van der Waals surface area contributed by atoms with Crippen molar-refractivity contribution >= 4 is 11.8 Å². The molecule has 1 aromatic heterocycles. The van der Waals surface area contributed by atoms with Gasteiger partial charge in [-0.3, -0.25) is 9.59 Å². The Kier molecular flexibility index (Phi) is 5.40. The molecule has 1 heterocycles. The van der Waals surface area contributed by atoms with Crippen LogP contribution in [0.2, 0.25) is 0 Å². The molecule has 2 rings (SSSR count). The van der Waals surface area contributed by atoms with E-state index < -0.39 is 6.04 Å². The largest absolute Gasteiger partial charge is 0.355 e. The van der Waals surface area contributed by atoms with Gasteiger partial charge in [-0.1, -0.05) is 24.3 Å². The zero-order chi connectivity index (χ0) is 16.8. The van der Waals surface area contributed by atoms with E-state index in [-0.39, 0.29) is 18.4 Å². The van der Waals surface area contributed by atoms with Crippen molar-refractivity contribution in [1.82, 2.24) is 30.8 Å². The lowest BCUT2D eigenvalue weighted by Crippen LogP contribution is -2.45. The maximum absolute atomic E-state index is 11.9. The summed E-state index contributed by atoms with van der Waals surface area (Å²) in [6.07, 6.45) is 0. The first-order chi connectivity index (χ1) is 11.0. The van der Waals surface area contributed by atoms with E-state index in [1.54, 1.807) is 6.92 Å². The Morgan fingerprint density at radius 2 is 2.04 bits per heavy atom. The van der Waals surface area contributed by atoms with Crippen LogP contribution < -0.4 is 10.6 Å². The zero-order valence-corrected chi connectivity index (χ0v) is 13.4. The average molecular weight is 316 g/mol. The summed E-state index contributed by atoms with van der Waals surface area (Å²) in [5.74, 6) is -0.113. The number of aryl methyl sites for hydroxylation is 1. The number of nitrogens with zero attached hydrogens (tertiary/aromatic N) is 4. The molecule has 8 nitrogen and oxygen atoms in total. The highest BCUT2D eigenvalue weighted by Crippen LogP contribution is 2.17. The van der Waals surface area contributed by atoms with Gasteiger partial charge in [-0.05, 0) is 31.5 Å². The second kappa shape index (κ2) is 7.48. The van der Waals surface area contributed by atoms with E-state index in [0.717, 1.165) is 11.1 Å². The fourth-order valence-corrected chi connectivity index (χ4v) is 2.05. The van der Waals surface area contributed by atoms with Gasteiger partial charge in [0.2, 0.25) is 17.6 Å². The molecule has 0 aliphatic heterocycles. The molecule has 1 aromatic carbocycles. The second-order valence-corrected chi connectivity index (χ2v) is 5.14. The van der Waals surface area contributed by atoms with Gasteiger partial charge >= 0.3 is 0 Å². The molecule has 0 fully saturated rings. The molecular formula is C15H20N6O2. The Morgan fingerprint density at radius 1 is 1.30 bits per heavy atom. The van der Waals surface area contributed by atoms with Gasteiger partial charge in [-0.25, -0.2) is 0 Å². The van der Waals surface area contributed by atoms with Crippen LogP contribution in [0.1, 0.15) is 19.4 Å². The number of carbonyl (C=O) groups excluding carboxylic acids is 2. The first-order valence-electron chi connectivity index (χ1n) is 7.42. The minimum Gasteiger partial charge on any atom is -0.355 e. The highest BCUT2D eigenvalue weighted by atomic mass is 16.2. The third kappa shape index (κ3) is 4.35. The van der Waals surface area contributed by atoms with Crippen LogP contribution in [0, 0.1) is 6.92 Å². The number of benzene rings is 1. The maximum Gasteiger partial charge on any atom is 0.244 e. The fourth-order valence-electron chi connectivity index (χ4n) is 2.05. The molecule has 0 saturated carbocycles. The molecule has 0 bridgehead atoms. The van der Waals surface area contributed by atoms with Crippen molar-refractivity contribution in [3.8, 4) is 11.4 Å². The van der Waals surface area contributed by atoms with Crippen LogP contribution >= 0.6 is 0 Å². The molecule has 2 N–H and O–H groups in total. The number of likely N-dealkylation sites (N-methyl/N-ethyl adjacent to an activating group) is 1. The predicted molar refractivity (Wildman–Crippen MR) is 84.3 cm³/mol. The van der Waals surface area contributed by atoms with Crippen LogP contribution in [-0.2, 0) is 16.1 Å². The smallest absolute Gasteiger partial charge is 0.244 e. The molecule has 1 atom stereocenters. The van der Waals surface area contributed by atoms with Gasteiger partial charge in [0.15, 0.2) is 0 Å². The van der Waals surface area contributed by atoms with Crippen LogP contribution in [0.4, 0.5) is 0 Å². The summed E-state index contributed by atoms with van der Waals surface area (Å²) < 4.78 is 0. The second-order valence-electron chi connectivity index (χ2n) is 5.14. The van der Waals surface area contributed by atoms with E-state index in [1.165, 1.54) is 4.80 Å². The molecule has 2 aromatic rings. The van der Waals surface area contributed by atoms with Crippen molar-refractivity contribution in [2.24, 2.45) is 0 Å². The van der Waals surface area contributed by atoms with Gasteiger partial charge in [-0.2, -0.15) is 4.80 Å². The number of aromatic nitrogens is 4. The summed E-state index contributed by atoms with van der Waals surface area (Å²) in [6.45, 7) is 5.82. The van der Waals surface area contributed by atoms with Crippen molar-refractivity contribution in [3.05, 3.63) is 29.8 Å². The molecule has 0 aliphatic carbocycles. The van der Waals surface area contributed by atoms with E-state index >= 15 is 0 Å². The lowest BCUT2D eigenvalue weighted by Gasteiger charge is -2.12. The van der Waals surface area contributed by atoms with Crippen LogP contribution in [-0.4, -0.2) is 44.6 Å². The van der Waals surface area contributed by atoms with Gasteiger partial charge in [0, 0.05) is 12.1 Å². The SMILES string of the molecule is CCNC(=O)[C@@H](C)NC(=O)Cn1nnc(-c2ccccc2C)n1. The Labute approximate surface area is 134 Å². The summed E-state index contributed by atoms with van der Waals surface area (Å²) in [6, 6.07) is 7.07. The highest BCUT2D eigenvalue weighted by Gasteiger charge is 2.16. The third-order valence-corrected chi connectivity index (χ3v) is 3.25. The number of hydrogen-bond acceptors (Lipinski definition) is 5. The maximum atomic E-state index is 11.9. The Balaban J connectivity index is 1.98. The highest BCUT2D eigenvalue weighted by molar-refractivity contribution is 5.87. The number of hydrogen-bond donors (Lipinski definition) is 2. The lowest BCUT2D eigenvalue weighted by atomic mass is 10.1. The number of amides is 2. The standard InChI is InChI=1S/C15H20N6O2/c1-4-16-15(23)11(3)17-13(22)9-21-19-14(18-20-21)12-8-6-5-7-10(12)2/h5-8,11H,4,9H2,1-3H3,(H,16,23)(H,17,22)/t11-/m1/s1. The lowest BCUT2D eigenvalue weighted by molar-refractivity contribution is -0.129. The minimum atomic E-state index is -0.609. The molecule has 0 aliphatic rings. The molecule has 8 heteroatoms. The molecule has 0 saturated heterocycles. The topological polar surface area (TPSA) is 102 Å². The number of carbonyl (C=O) groups is 2. The minimum absolute atomic E-state index is 0.0946. The van der Waals surface area contributed by atoms with E-state index in [0.29, 0.717) is 12.4 Å². The Morgan fingerprint density at radius 3 is 2.74 bits per heavy atom. The fraction of sp³-hybridized carbons (Fsp3) is 0.400. The summed E-state index contributed by atoms with van der Waals surface area (Å²) in [5.41, 5.74) is 1.90. The quantitative estimate of drug-likeness (QED) is 0.797. The van der Waals surface area contributed by atoms with Crippen molar-refractivity contribution in [2.45, 2.75) is 33.4 Å². The van der Waals surface area contributed by atoms with E-state index in [1.807, 2.05) is 38.1 Å². The molecule has 0 unspecified atom stereocenters. The average Bonchev–Trinajstić information content (AvgIpc) is 2.96. The van der Waals surface area contributed by atoms with E-state index in [4.69, 9.17) is 0 Å². The van der Waals surface area contributed by atoms with E-state index in [2.05, 4.69) is 26.0 Å². The van der Waals surface area contributed by atoms with Gasteiger partial charge in [-0.15, -0.1) is 10.2 Å².